The van der Waals surface area contributed by atoms with Gasteiger partial charge >= 0.3 is 16.5 Å². The first-order chi connectivity index (χ1) is 5.45. The van der Waals surface area contributed by atoms with Crippen molar-refractivity contribution in [1.29, 1.82) is 0 Å². The van der Waals surface area contributed by atoms with E-state index in [0.717, 1.165) is 8.61 Å². The van der Waals surface area contributed by atoms with Crippen LogP contribution in [0.2, 0.25) is 0 Å². The topological polar surface area (TPSA) is 86.7 Å². The van der Waals surface area contributed by atoms with Crippen LogP contribution in [0.25, 0.3) is 0 Å². The summed E-state index contributed by atoms with van der Waals surface area (Å²) in [4.78, 5) is 20.2. The molecule has 0 aromatic rings. The molecule has 0 aliphatic rings. The molecule has 0 saturated heterocycles. The Morgan fingerprint density at radius 1 is 1.00 bits per heavy atom. The average molecular weight is 269 g/mol. The minimum Gasteiger partial charge on any atom is -0.529 e. The predicted molar refractivity (Wildman–Crippen MR) is 41.5 cm³/mol. The summed E-state index contributed by atoms with van der Waals surface area (Å²) in [5, 5.41) is 20.2. The van der Waals surface area contributed by atoms with E-state index in [1.165, 1.54) is 14.1 Å². The van der Waals surface area contributed by atoms with Crippen molar-refractivity contribution in [2.75, 3.05) is 14.1 Å². The smallest absolute Gasteiger partial charge is 0.529 e. The molecule has 0 aliphatic heterocycles. The molecular weight excluding hydrogens is 263 g/mol. The summed E-state index contributed by atoms with van der Waals surface area (Å²) in [6, 6.07) is 0. The number of carbonyl (C=O) groups excluding carboxylic acids is 2. The maximum Gasteiger partial charge on any atom is 2.00 e. The molecular formula is C4H6N2NiO4S2. The summed E-state index contributed by atoms with van der Waals surface area (Å²) < 4.78 is 1.54. The molecule has 0 radical (unpaired) electrons. The normalized spacial score (nSPS) is 8.46. The Balaban J connectivity index is 0. The maximum absolute atomic E-state index is 10.1. The van der Waals surface area contributed by atoms with Crippen LogP contribution in [0.5, 0.6) is 0 Å². The van der Waals surface area contributed by atoms with E-state index in [-0.39, 0.29) is 16.5 Å². The fourth-order valence-corrected chi connectivity index (χ4v) is 1.45. The molecule has 0 N–H and O–H groups in total. The second-order valence-corrected chi connectivity index (χ2v) is 3.96. The molecule has 0 unspecified atom stereocenters. The third kappa shape index (κ3) is 6.86. The molecule has 13 heavy (non-hydrogen) atoms. The van der Waals surface area contributed by atoms with Gasteiger partial charge in [-0.2, -0.15) is 0 Å². The van der Waals surface area contributed by atoms with Gasteiger partial charge in [0.15, 0.2) is 0 Å². The van der Waals surface area contributed by atoms with Crippen molar-refractivity contribution in [3.05, 3.63) is 0 Å². The van der Waals surface area contributed by atoms with Gasteiger partial charge in [-0.1, -0.05) is 0 Å². The number of hydrogen-bond donors (Lipinski definition) is 0. The molecule has 9 heteroatoms. The molecule has 0 aromatic heterocycles. The maximum atomic E-state index is 10.1. The summed E-state index contributed by atoms with van der Waals surface area (Å²) in [5.41, 5.74) is 0. The molecule has 6 nitrogen and oxygen atoms in total. The van der Waals surface area contributed by atoms with Crippen LogP contribution >= 0.6 is 22.0 Å². The minimum atomic E-state index is -1.39. The van der Waals surface area contributed by atoms with Crippen molar-refractivity contribution < 1.29 is 36.3 Å². The molecule has 0 fully saturated rings. The van der Waals surface area contributed by atoms with Gasteiger partial charge in [0.25, 0.3) is 0 Å². The van der Waals surface area contributed by atoms with Crippen LogP contribution in [0, 0.1) is 0 Å². The number of amides is 2. The van der Waals surface area contributed by atoms with E-state index in [4.69, 9.17) is 0 Å². The van der Waals surface area contributed by atoms with Gasteiger partial charge in [0.2, 0.25) is 0 Å². The molecule has 0 rings (SSSR count). The van der Waals surface area contributed by atoms with Crippen molar-refractivity contribution >= 4 is 34.1 Å². The van der Waals surface area contributed by atoms with Gasteiger partial charge in [-0.25, -0.2) is 0 Å². The largest absolute Gasteiger partial charge is 2.00 e. The van der Waals surface area contributed by atoms with Gasteiger partial charge in [-0.15, -0.1) is 0 Å². The number of hydrogen-bond acceptors (Lipinski definition) is 6. The third-order valence-electron chi connectivity index (χ3n) is 0.771. The zero-order chi connectivity index (χ0) is 9.72. The van der Waals surface area contributed by atoms with Crippen molar-refractivity contribution in [2.45, 2.75) is 0 Å². The molecule has 0 bridgehead atoms. The van der Waals surface area contributed by atoms with E-state index >= 15 is 0 Å². The molecule has 0 heterocycles. The first kappa shape index (κ1) is 15.2. The van der Waals surface area contributed by atoms with Gasteiger partial charge in [0, 0.05) is 36.1 Å². The van der Waals surface area contributed by atoms with Gasteiger partial charge in [0.05, 0.1) is 0 Å². The molecule has 0 spiro atoms. The Kier molecular flexibility index (Phi) is 8.39. The zero-order valence-electron chi connectivity index (χ0n) is 6.66. The van der Waals surface area contributed by atoms with Crippen molar-refractivity contribution in [3.63, 3.8) is 0 Å². The van der Waals surface area contributed by atoms with Crippen LogP contribution in [-0.2, 0) is 16.5 Å². The van der Waals surface area contributed by atoms with Crippen LogP contribution < -0.4 is 10.2 Å². The van der Waals surface area contributed by atoms with Crippen LogP contribution in [0.3, 0.4) is 0 Å². The van der Waals surface area contributed by atoms with E-state index in [2.05, 4.69) is 0 Å². The summed E-state index contributed by atoms with van der Waals surface area (Å²) in [6.07, 6.45) is -2.78. The Labute approximate surface area is 93.2 Å². The Hall–Kier alpha value is -0.266. The number of rotatable bonds is 3. The predicted octanol–water partition coefficient (Wildman–Crippen LogP) is -1.25. The van der Waals surface area contributed by atoms with Gasteiger partial charge in [-0.05, 0) is 0 Å². The molecule has 0 aliphatic carbocycles. The van der Waals surface area contributed by atoms with E-state index in [1.54, 1.807) is 0 Å². The van der Waals surface area contributed by atoms with Gasteiger partial charge in [-0.3, -0.25) is 8.61 Å². The molecule has 0 saturated carbocycles. The molecule has 0 atom stereocenters. The Bertz CT molecular complexity index is 173. The monoisotopic (exact) mass is 268 g/mol. The van der Waals surface area contributed by atoms with E-state index < -0.39 is 12.2 Å². The van der Waals surface area contributed by atoms with Crippen LogP contribution in [0.1, 0.15) is 0 Å². The van der Waals surface area contributed by atoms with Gasteiger partial charge < -0.3 is 19.8 Å². The van der Waals surface area contributed by atoms with Crippen LogP contribution in [-0.4, -0.2) is 34.9 Å². The van der Waals surface area contributed by atoms with Gasteiger partial charge in [0.1, 0.15) is 12.2 Å². The van der Waals surface area contributed by atoms with Crippen molar-refractivity contribution in [3.8, 4) is 0 Å². The summed E-state index contributed by atoms with van der Waals surface area (Å²) >= 11 is 0. The first-order valence-electron chi connectivity index (χ1n) is 2.69. The van der Waals surface area contributed by atoms with E-state index in [0.29, 0.717) is 22.0 Å². The fourth-order valence-electron chi connectivity index (χ4n) is 0.161. The zero-order valence-corrected chi connectivity index (χ0v) is 9.28. The number of carbonyl (C=O) groups is 2. The number of nitrogens with zero attached hydrogens (tertiary/aromatic N) is 2. The average Bonchev–Trinajstić information content (AvgIpc) is 1.98. The van der Waals surface area contributed by atoms with Crippen LogP contribution in [0.4, 0.5) is 9.59 Å². The first-order valence-corrected chi connectivity index (χ1v) is 4.75. The summed E-state index contributed by atoms with van der Waals surface area (Å²) in [5.74, 6) is 0. The fraction of sp³-hybridized carbons (Fsp3) is 0.500. The summed E-state index contributed by atoms with van der Waals surface area (Å²) in [6.45, 7) is 0. The third-order valence-corrected chi connectivity index (χ3v) is 3.12. The van der Waals surface area contributed by atoms with Crippen molar-refractivity contribution in [2.24, 2.45) is 0 Å². The van der Waals surface area contributed by atoms with E-state index in [9.17, 15) is 19.8 Å². The molecule has 0 aromatic carbocycles. The standard InChI is InChI=1S/C4H8N2O4S2.Ni/c1-5(3(7)8)11-12-6(2)4(9)10;/h1-2H3,(H,7,8)(H,9,10);/q;+2/p-2. The second-order valence-electron chi connectivity index (χ2n) is 1.68. The Morgan fingerprint density at radius 2 is 1.23 bits per heavy atom. The SMILES string of the molecule is CN(SSN(C)C(=O)[O-])C(=O)[O-].[Ni+2]. The molecule has 78 valence electrons. The quantitative estimate of drug-likeness (QED) is 0.361. The van der Waals surface area contributed by atoms with Crippen molar-refractivity contribution in [1.82, 2.24) is 8.61 Å². The Morgan fingerprint density at radius 3 is 1.38 bits per heavy atom. The molecule has 2 amide bonds. The second kappa shape index (κ2) is 7.17. The van der Waals surface area contributed by atoms with E-state index in [1.807, 2.05) is 0 Å². The number of carboxylic acid groups (broad SMARTS) is 2. The van der Waals surface area contributed by atoms with Crippen LogP contribution in [0.15, 0.2) is 0 Å². The minimum absolute atomic E-state index is 0. The summed E-state index contributed by atoms with van der Waals surface area (Å²) in [7, 11) is 3.92.